The van der Waals surface area contributed by atoms with Gasteiger partial charge in [-0.05, 0) is 61.6 Å². The average Bonchev–Trinajstić information content (AvgIpc) is 3.36. The molecule has 2 heterocycles. The van der Waals surface area contributed by atoms with E-state index >= 15 is 0 Å². The molecule has 0 unspecified atom stereocenters. The van der Waals surface area contributed by atoms with Crippen LogP contribution in [0.1, 0.15) is 42.5 Å². The second-order valence-corrected chi connectivity index (χ2v) is 10.5. The van der Waals surface area contributed by atoms with E-state index in [1.165, 1.54) is 36.2 Å². The van der Waals surface area contributed by atoms with Crippen LogP contribution in [0.15, 0.2) is 34.1 Å². The molecular formula is C21H22ClNO3S2. The van der Waals surface area contributed by atoms with Gasteiger partial charge < -0.3 is 4.74 Å². The first kappa shape index (κ1) is 18.8. The summed E-state index contributed by atoms with van der Waals surface area (Å²) in [5, 5.41) is 2.23. The summed E-state index contributed by atoms with van der Waals surface area (Å²) in [6.45, 7) is 2.12. The summed E-state index contributed by atoms with van der Waals surface area (Å²) in [6, 6.07) is 8.10. The molecule has 5 atom stereocenters. The molecule has 148 valence electrons. The number of hydrogen-bond donors (Lipinski definition) is 0. The largest absolute Gasteiger partial charge is 0.465 e. The summed E-state index contributed by atoms with van der Waals surface area (Å²) < 4.78 is 6.75. The number of thiazole rings is 1. The Hall–Kier alpha value is -1.24. The molecule has 2 aromatic rings. The minimum atomic E-state index is -0.344. The number of esters is 1. The molecular weight excluding hydrogens is 414 g/mol. The quantitative estimate of drug-likeness (QED) is 0.648. The van der Waals surface area contributed by atoms with Crippen LogP contribution in [0.4, 0.5) is 0 Å². The number of carbonyl (C=O) groups excluding carboxylic acids is 1. The smallest absolute Gasteiger partial charge is 0.326 e. The van der Waals surface area contributed by atoms with E-state index in [9.17, 15) is 9.59 Å². The minimum absolute atomic E-state index is 0.00429. The number of aromatic nitrogens is 1. The number of fused-ring (bicyclic) bond motifs is 6. The molecule has 4 nitrogen and oxygen atoms in total. The Morgan fingerprint density at radius 1 is 1.25 bits per heavy atom. The van der Waals surface area contributed by atoms with E-state index in [1.54, 1.807) is 11.5 Å². The number of halogens is 1. The van der Waals surface area contributed by atoms with E-state index in [2.05, 4.69) is 12.1 Å². The molecule has 2 bridgehead atoms. The van der Waals surface area contributed by atoms with E-state index in [4.69, 9.17) is 16.3 Å². The Morgan fingerprint density at radius 3 is 2.75 bits per heavy atom. The lowest BCUT2D eigenvalue weighted by Gasteiger charge is -2.40. The highest BCUT2D eigenvalue weighted by Crippen LogP contribution is 2.64. The molecule has 5 rings (SSSR count). The SMILES string of the molecule is CCOC(=O)Cn1c2c(sc1=O)[C@@H](c1ccc(Cl)cc1)[C@H]1[C@H]3CC[C@@H](C3)[C@@H]1S2. The predicted molar refractivity (Wildman–Crippen MR) is 112 cm³/mol. The van der Waals surface area contributed by atoms with Gasteiger partial charge in [0.1, 0.15) is 6.54 Å². The first-order valence-corrected chi connectivity index (χ1v) is 12.0. The number of carbonyl (C=O) groups is 1. The van der Waals surface area contributed by atoms with Crippen LogP contribution in [0.5, 0.6) is 0 Å². The topological polar surface area (TPSA) is 48.3 Å². The fourth-order valence-electron chi connectivity index (χ4n) is 5.47. The fraction of sp³-hybridized carbons (Fsp3) is 0.524. The highest BCUT2D eigenvalue weighted by Gasteiger charge is 2.55. The molecule has 0 radical (unpaired) electrons. The van der Waals surface area contributed by atoms with Gasteiger partial charge in [-0.15, -0.1) is 11.8 Å². The van der Waals surface area contributed by atoms with Crippen LogP contribution in [0.3, 0.4) is 0 Å². The molecule has 2 aliphatic carbocycles. The molecule has 7 heteroatoms. The van der Waals surface area contributed by atoms with Gasteiger partial charge in [0.15, 0.2) is 0 Å². The summed E-state index contributed by atoms with van der Waals surface area (Å²) in [4.78, 5) is 26.0. The van der Waals surface area contributed by atoms with Crippen LogP contribution < -0.4 is 4.87 Å². The van der Waals surface area contributed by atoms with Crippen molar-refractivity contribution in [2.75, 3.05) is 6.61 Å². The van der Waals surface area contributed by atoms with Crippen molar-refractivity contribution < 1.29 is 9.53 Å². The zero-order valence-corrected chi connectivity index (χ0v) is 18.0. The van der Waals surface area contributed by atoms with Crippen LogP contribution in [-0.4, -0.2) is 22.4 Å². The van der Waals surface area contributed by atoms with E-state index in [-0.39, 0.29) is 23.3 Å². The van der Waals surface area contributed by atoms with Gasteiger partial charge in [0.2, 0.25) is 0 Å². The lowest BCUT2D eigenvalue weighted by atomic mass is 9.75. The molecule has 0 spiro atoms. The van der Waals surface area contributed by atoms with Crippen LogP contribution in [0, 0.1) is 17.8 Å². The van der Waals surface area contributed by atoms with Gasteiger partial charge in [-0.1, -0.05) is 35.1 Å². The molecule has 1 aromatic heterocycles. The molecule has 0 amide bonds. The second kappa shape index (κ2) is 7.22. The standard InChI is InChI=1S/C21H22ClNO3S2/c1-2-26-15(24)10-23-20-19(28-21(23)25)16(11-5-7-14(22)8-6-11)17-12-3-4-13(9-12)18(17)27-20/h5-8,12-13,16-18H,2-4,9-10H2,1H3/t12-,13-,16-,17+,18-/m0/s1. The minimum Gasteiger partial charge on any atom is -0.465 e. The van der Waals surface area contributed by atoms with Gasteiger partial charge >= 0.3 is 10.8 Å². The Labute approximate surface area is 177 Å². The van der Waals surface area contributed by atoms with Crippen molar-refractivity contribution in [3.05, 3.63) is 49.4 Å². The van der Waals surface area contributed by atoms with Crippen molar-refractivity contribution in [3.8, 4) is 0 Å². The van der Waals surface area contributed by atoms with E-state index in [0.29, 0.717) is 23.7 Å². The highest BCUT2D eigenvalue weighted by molar-refractivity contribution is 8.00. The molecule has 2 fully saturated rings. The number of thioether (sulfide) groups is 1. The van der Waals surface area contributed by atoms with Gasteiger partial charge in [0.05, 0.1) is 11.6 Å². The van der Waals surface area contributed by atoms with Crippen molar-refractivity contribution in [2.45, 2.75) is 48.9 Å². The van der Waals surface area contributed by atoms with Crippen LogP contribution in [0.2, 0.25) is 5.02 Å². The molecule has 0 saturated heterocycles. The number of nitrogens with zero attached hydrogens (tertiary/aromatic N) is 1. The fourth-order valence-corrected chi connectivity index (χ4v) is 8.74. The number of ether oxygens (including phenoxy) is 1. The lowest BCUT2D eigenvalue weighted by Crippen LogP contribution is -2.34. The zero-order chi connectivity index (χ0) is 19.4. The van der Waals surface area contributed by atoms with Crippen molar-refractivity contribution >= 4 is 40.7 Å². The van der Waals surface area contributed by atoms with Gasteiger partial charge in [-0.25, -0.2) is 0 Å². The Bertz CT molecular complexity index is 967. The Morgan fingerprint density at radius 2 is 2.00 bits per heavy atom. The van der Waals surface area contributed by atoms with E-state index < -0.39 is 0 Å². The summed E-state index contributed by atoms with van der Waals surface area (Å²) in [6.07, 6.45) is 3.88. The first-order valence-electron chi connectivity index (χ1n) is 9.88. The van der Waals surface area contributed by atoms with Gasteiger partial charge in [0.25, 0.3) is 0 Å². The monoisotopic (exact) mass is 435 g/mol. The van der Waals surface area contributed by atoms with Crippen LogP contribution in [0.25, 0.3) is 0 Å². The summed E-state index contributed by atoms with van der Waals surface area (Å²) in [5.41, 5.74) is 1.23. The molecule has 1 aliphatic heterocycles. The van der Waals surface area contributed by atoms with Gasteiger partial charge in [-0.3, -0.25) is 14.2 Å². The summed E-state index contributed by atoms with van der Waals surface area (Å²) >= 11 is 9.28. The molecule has 1 aromatic carbocycles. The lowest BCUT2D eigenvalue weighted by molar-refractivity contribution is -0.144. The van der Waals surface area contributed by atoms with Crippen molar-refractivity contribution in [1.29, 1.82) is 0 Å². The zero-order valence-electron chi connectivity index (χ0n) is 15.6. The Kier molecular flexibility index (Phi) is 4.84. The molecule has 2 saturated carbocycles. The third kappa shape index (κ3) is 2.96. The maximum atomic E-state index is 12.8. The summed E-state index contributed by atoms with van der Waals surface area (Å²) in [5.74, 6) is 1.88. The van der Waals surface area contributed by atoms with E-state index in [1.807, 2.05) is 23.9 Å². The number of benzene rings is 1. The number of hydrogen-bond acceptors (Lipinski definition) is 5. The van der Waals surface area contributed by atoms with E-state index in [0.717, 1.165) is 20.8 Å². The third-order valence-corrected chi connectivity index (χ3v) is 9.59. The third-order valence-electron chi connectivity index (χ3n) is 6.51. The van der Waals surface area contributed by atoms with Crippen LogP contribution >= 0.6 is 34.7 Å². The van der Waals surface area contributed by atoms with Gasteiger partial charge in [0, 0.05) is 21.1 Å². The normalized spacial score (nSPS) is 30.1. The molecule has 3 aliphatic rings. The highest BCUT2D eigenvalue weighted by atomic mass is 35.5. The second-order valence-electron chi connectivity index (χ2n) is 7.95. The Balaban J connectivity index is 1.61. The maximum Gasteiger partial charge on any atom is 0.326 e. The van der Waals surface area contributed by atoms with Gasteiger partial charge in [-0.2, -0.15) is 0 Å². The number of rotatable bonds is 4. The van der Waals surface area contributed by atoms with Crippen LogP contribution in [-0.2, 0) is 16.1 Å². The molecule has 28 heavy (non-hydrogen) atoms. The molecule has 0 N–H and O–H groups in total. The summed E-state index contributed by atoms with van der Waals surface area (Å²) in [7, 11) is 0. The predicted octanol–water partition coefficient (Wildman–Crippen LogP) is 4.78. The van der Waals surface area contributed by atoms with Crippen molar-refractivity contribution in [2.24, 2.45) is 17.8 Å². The maximum absolute atomic E-state index is 12.8. The first-order chi connectivity index (χ1) is 13.6. The van der Waals surface area contributed by atoms with Crippen molar-refractivity contribution in [3.63, 3.8) is 0 Å². The average molecular weight is 436 g/mol. The van der Waals surface area contributed by atoms with Crippen molar-refractivity contribution in [1.82, 2.24) is 4.57 Å².